The molecule has 1 fully saturated rings. The van der Waals surface area contributed by atoms with Gasteiger partial charge in [-0.1, -0.05) is 42.6 Å². The summed E-state index contributed by atoms with van der Waals surface area (Å²) < 4.78 is 5.12. The van der Waals surface area contributed by atoms with Crippen LogP contribution in [0.3, 0.4) is 0 Å². The predicted molar refractivity (Wildman–Crippen MR) is 115 cm³/mol. The topological polar surface area (TPSA) is 122 Å². The lowest BCUT2D eigenvalue weighted by Crippen LogP contribution is -2.42. The number of nitrogen functional groups attached to an aromatic ring is 1. The van der Waals surface area contributed by atoms with Crippen molar-refractivity contribution < 1.29 is 14.1 Å². The van der Waals surface area contributed by atoms with Gasteiger partial charge in [0, 0.05) is 18.3 Å². The number of hydrogen-bond donors (Lipinski definition) is 4. The molecule has 1 aromatic heterocycles. The van der Waals surface area contributed by atoms with Gasteiger partial charge in [-0.05, 0) is 42.7 Å². The van der Waals surface area contributed by atoms with Crippen molar-refractivity contribution in [2.24, 2.45) is 0 Å². The first kappa shape index (κ1) is 19.8. The second-order valence-corrected chi connectivity index (χ2v) is 7.56. The van der Waals surface area contributed by atoms with Crippen LogP contribution in [-0.4, -0.2) is 23.1 Å². The zero-order valence-corrected chi connectivity index (χ0v) is 16.6. The molecule has 1 saturated carbocycles. The first-order valence-corrected chi connectivity index (χ1v) is 10.2. The molecule has 0 bridgehead atoms. The van der Waals surface area contributed by atoms with Gasteiger partial charge < -0.3 is 26.2 Å². The lowest BCUT2D eigenvalue weighted by molar-refractivity contribution is 0.102. The molecule has 0 radical (unpaired) electrons. The second-order valence-electron chi connectivity index (χ2n) is 7.56. The number of aromatic nitrogens is 1. The third kappa shape index (κ3) is 4.53. The summed E-state index contributed by atoms with van der Waals surface area (Å²) in [5.74, 6) is -0.131. The third-order valence-corrected chi connectivity index (χ3v) is 5.35. The Hall–Kier alpha value is -3.55. The van der Waals surface area contributed by atoms with Gasteiger partial charge in [-0.15, -0.1) is 0 Å². The zero-order chi connectivity index (χ0) is 20.9. The molecule has 3 amide bonds. The first-order chi connectivity index (χ1) is 14.6. The van der Waals surface area contributed by atoms with Gasteiger partial charge in [0.05, 0.1) is 10.9 Å². The van der Waals surface area contributed by atoms with Crippen molar-refractivity contribution >= 4 is 34.4 Å². The maximum Gasteiger partial charge on any atom is 0.315 e. The molecule has 156 valence electrons. The molecule has 1 aliphatic rings. The van der Waals surface area contributed by atoms with Crippen LogP contribution in [0, 0.1) is 0 Å². The molecule has 0 aliphatic heterocycles. The van der Waals surface area contributed by atoms with Crippen molar-refractivity contribution in [2.75, 3.05) is 11.1 Å². The number of benzene rings is 2. The third-order valence-electron chi connectivity index (χ3n) is 5.35. The molecule has 0 unspecified atom stereocenters. The maximum absolute atomic E-state index is 12.8. The van der Waals surface area contributed by atoms with Crippen LogP contribution < -0.4 is 21.7 Å². The fourth-order valence-corrected chi connectivity index (χ4v) is 3.83. The maximum atomic E-state index is 12.8. The number of nitrogens with two attached hydrogens (primary N) is 1. The number of urea groups is 1. The molecule has 4 rings (SSSR count). The molecule has 2 aromatic carbocycles. The molecule has 0 spiro atoms. The molecule has 8 nitrogen and oxygen atoms in total. The fraction of sp³-hybridized carbons (Fsp3) is 0.318. The lowest BCUT2D eigenvalue weighted by atomic mass is 9.96. The van der Waals surface area contributed by atoms with E-state index in [9.17, 15) is 9.59 Å². The van der Waals surface area contributed by atoms with Gasteiger partial charge in [-0.25, -0.2) is 4.79 Å². The average Bonchev–Trinajstić information content (AvgIpc) is 3.14. The smallest absolute Gasteiger partial charge is 0.315 e. The van der Waals surface area contributed by atoms with Crippen LogP contribution in [0.4, 0.5) is 16.3 Å². The molecule has 5 N–H and O–H groups in total. The van der Waals surface area contributed by atoms with Gasteiger partial charge in [0.25, 0.3) is 5.91 Å². The largest absolute Gasteiger partial charge is 0.380 e. The summed E-state index contributed by atoms with van der Waals surface area (Å²) in [6.07, 6.45) is 5.66. The number of amides is 3. The number of nitrogens with zero attached hydrogens (tertiary/aromatic N) is 1. The number of carbonyl (C=O) groups excluding carboxylic acids is 2. The number of nitrogens with one attached hydrogen (secondary N) is 3. The van der Waals surface area contributed by atoms with Gasteiger partial charge in [0.1, 0.15) is 0 Å². The Labute approximate surface area is 174 Å². The quantitative estimate of drug-likeness (QED) is 0.512. The summed E-state index contributed by atoms with van der Waals surface area (Å²) in [4.78, 5) is 24.9. The van der Waals surface area contributed by atoms with Crippen LogP contribution in [0.5, 0.6) is 0 Å². The van der Waals surface area contributed by atoms with Crippen molar-refractivity contribution in [3.63, 3.8) is 0 Å². The van der Waals surface area contributed by atoms with E-state index in [-0.39, 0.29) is 23.8 Å². The Morgan fingerprint density at radius 3 is 2.73 bits per heavy atom. The van der Waals surface area contributed by atoms with E-state index in [2.05, 4.69) is 21.1 Å². The highest BCUT2D eigenvalue weighted by Gasteiger charge is 2.17. The minimum absolute atomic E-state index is 0.161. The van der Waals surface area contributed by atoms with Crippen molar-refractivity contribution in [3.8, 4) is 0 Å². The van der Waals surface area contributed by atoms with E-state index < -0.39 is 0 Å². The van der Waals surface area contributed by atoms with Crippen LogP contribution in [0.25, 0.3) is 11.0 Å². The molecule has 30 heavy (non-hydrogen) atoms. The van der Waals surface area contributed by atoms with Crippen LogP contribution in [0.15, 0.2) is 47.0 Å². The summed E-state index contributed by atoms with van der Waals surface area (Å²) in [6, 6.07) is 12.5. The summed E-state index contributed by atoms with van der Waals surface area (Å²) in [5.41, 5.74) is 8.19. The Kier molecular flexibility index (Phi) is 5.83. The average molecular weight is 407 g/mol. The van der Waals surface area contributed by atoms with Crippen molar-refractivity contribution in [3.05, 3.63) is 53.6 Å². The zero-order valence-electron chi connectivity index (χ0n) is 16.6. The lowest BCUT2D eigenvalue weighted by Gasteiger charge is -2.22. The molecule has 1 aliphatic carbocycles. The molecule has 8 heteroatoms. The molecule has 0 saturated heterocycles. The molecular weight excluding hydrogens is 382 g/mol. The van der Waals surface area contributed by atoms with Crippen LogP contribution in [-0.2, 0) is 6.54 Å². The number of fused-ring (bicyclic) bond motifs is 1. The number of carbonyl (C=O) groups is 2. The highest BCUT2D eigenvalue weighted by molar-refractivity contribution is 6.14. The standard InChI is InChI=1S/C22H25N5O3/c23-20-19-17(10-5-11-18(19)30-27-20)21(28)25-16-9-4-6-14(12-16)13-24-22(29)26-15-7-2-1-3-8-15/h4-6,9-12,15H,1-3,7-8,13H2,(H2,23,27)(H,25,28)(H2,24,26,29). The molecule has 3 aromatic rings. The number of hydrogen-bond acceptors (Lipinski definition) is 5. The van der Waals surface area contributed by atoms with Gasteiger partial charge >= 0.3 is 6.03 Å². The van der Waals surface area contributed by atoms with Crippen LogP contribution >= 0.6 is 0 Å². The molecule has 0 atom stereocenters. The monoisotopic (exact) mass is 407 g/mol. The van der Waals surface area contributed by atoms with E-state index in [0.717, 1.165) is 18.4 Å². The van der Waals surface area contributed by atoms with Crippen LogP contribution in [0.2, 0.25) is 0 Å². The second kappa shape index (κ2) is 8.86. The highest BCUT2D eigenvalue weighted by Crippen LogP contribution is 2.25. The van der Waals surface area contributed by atoms with Gasteiger partial charge in [-0.3, -0.25) is 4.79 Å². The SMILES string of the molecule is Nc1noc2cccc(C(=O)Nc3cccc(CNC(=O)NC4CCCCC4)c3)c12. The predicted octanol–water partition coefficient (Wildman–Crippen LogP) is 3.79. The number of rotatable bonds is 5. The minimum atomic E-state index is -0.310. The van der Waals surface area contributed by atoms with E-state index in [4.69, 9.17) is 10.3 Å². The van der Waals surface area contributed by atoms with Crippen LogP contribution in [0.1, 0.15) is 48.0 Å². The van der Waals surface area contributed by atoms with E-state index in [1.165, 1.54) is 19.3 Å². The Morgan fingerprint density at radius 1 is 1.10 bits per heavy atom. The molecular formula is C22H25N5O3. The Bertz CT molecular complexity index is 1060. The summed E-state index contributed by atoms with van der Waals surface area (Å²) in [7, 11) is 0. The number of anilines is 2. The van der Waals surface area contributed by atoms with Crippen molar-refractivity contribution in [2.45, 2.75) is 44.7 Å². The summed E-state index contributed by atoms with van der Waals surface area (Å²) in [5, 5.41) is 13.0. The van der Waals surface area contributed by atoms with E-state index in [1.807, 2.05) is 18.2 Å². The van der Waals surface area contributed by atoms with E-state index in [1.54, 1.807) is 24.3 Å². The minimum Gasteiger partial charge on any atom is -0.380 e. The van der Waals surface area contributed by atoms with E-state index >= 15 is 0 Å². The Balaban J connectivity index is 1.37. The van der Waals surface area contributed by atoms with Gasteiger partial charge in [-0.2, -0.15) is 0 Å². The Morgan fingerprint density at radius 2 is 1.90 bits per heavy atom. The fourth-order valence-electron chi connectivity index (χ4n) is 3.83. The molecule has 1 heterocycles. The van der Waals surface area contributed by atoms with E-state index in [0.29, 0.717) is 28.8 Å². The highest BCUT2D eigenvalue weighted by atomic mass is 16.5. The first-order valence-electron chi connectivity index (χ1n) is 10.2. The van der Waals surface area contributed by atoms with Gasteiger partial charge in [0.15, 0.2) is 11.4 Å². The normalized spacial score (nSPS) is 14.4. The van der Waals surface area contributed by atoms with Gasteiger partial charge in [0.2, 0.25) is 0 Å². The summed E-state index contributed by atoms with van der Waals surface area (Å²) in [6.45, 7) is 0.371. The summed E-state index contributed by atoms with van der Waals surface area (Å²) >= 11 is 0. The van der Waals surface area contributed by atoms with Crippen molar-refractivity contribution in [1.29, 1.82) is 0 Å². The van der Waals surface area contributed by atoms with Crippen molar-refractivity contribution in [1.82, 2.24) is 15.8 Å².